The zero-order valence-corrected chi connectivity index (χ0v) is 16.5. The van der Waals surface area contributed by atoms with E-state index in [4.69, 9.17) is 16.3 Å². The van der Waals surface area contributed by atoms with Gasteiger partial charge in [-0.3, -0.25) is 4.79 Å². The topological polar surface area (TPSA) is 29.5 Å². The van der Waals surface area contributed by atoms with Crippen molar-refractivity contribution in [2.75, 3.05) is 13.6 Å². The van der Waals surface area contributed by atoms with Gasteiger partial charge in [-0.15, -0.1) is 11.3 Å². The van der Waals surface area contributed by atoms with Crippen molar-refractivity contribution in [1.82, 2.24) is 4.90 Å². The van der Waals surface area contributed by atoms with Crippen LogP contribution in [0.3, 0.4) is 0 Å². The highest BCUT2D eigenvalue weighted by Crippen LogP contribution is 2.40. The highest BCUT2D eigenvalue weighted by atomic mass is 35.5. The number of amides is 1. The minimum Gasteiger partial charge on any atom is -0.466 e. The third-order valence-corrected chi connectivity index (χ3v) is 6.00. The average Bonchev–Trinajstić information content (AvgIpc) is 3.21. The van der Waals surface area contributed by atoms with E-state index in [2.05, 4.69) is 12.1 Å². The number of nitrogens with zero attached hydrogens (tertiary/aromatic N) is 1. The van der Waals surface area contributed by atoms with Gasteiger partial charge in [0.2, 0.25) is 11.0 Å². The molecule has 0 bridgehead atoms. The van der Waals surface area contributed by atoms with Crippen molar-refractivity contribution in [3.63, 3.8) is 0 Å². The number of carbonyl (C=O) groups is 1. The smallest absolute Gasteiger partial charge is 0.222 e. The van der Waals surface area contributed by atoms with Gasteiger partial charge in [-0.25, -0.2) is 0 Å². The van der Waals surface area contributed by atoms with Crippen LogP contribution in [0.15, 0.2) is 60.0 Å². The van der Waals surface area contributed by atoms with Crippen LogP contribution in [0.2, 0.25) is 0 Å². The second kappa shape index (κ2) is 8.11. The van der Waals surface area contributed by atoms with Crippen molar-refractivity contribution in [3.05, 3.63) is 64.9 Å². The van der Waals surface area contributed by atoms with Gasteiger partial charge in [-0.2, -0.15) is 0 Å². The minimum absolute atomic E-state index is 0.0976. The van der Waals surface area contributed by atoms with Gasteiger partial charge in [0, 0.05) is 31.8 Å². The number of fused-ring (bicyclic) bond motifs is 1. The Labute approximate surface area is 163 Å². The first-order chi connectivity index (χ1) is 12.5. The zero-order valence-electron chi connectivity index (χ0n) is 14.9. The molecule has 3 nitrogen and oxygen atoms in total. The number of carbonyl (C=O) groups excluding carboxylic acids is 1. The quantitative estimate of drug-likeness (QED) is 0.491. The van der Waals surface area contributed by atoms with Gasteiger partial charge < -0.3 is 9.64 Å². The Bertz CT molecular complexity index is 875. The summed E-state index contributed by atoms with van der Waals surface area (Å²) in [7, 11) is 1.80. The summed E-state index contributed by atoms with van der Waals surface area (Å²) in [6.07, 6.45) is 0.982. The lowest BCUT2D eigenvalue weighted by molar-refractivity contribution is -0.129. The summed E-state index contributed by atoms with van der Waals surface area (Å²) in [6, 6.07) is 18.0. The summed E-state index contributed by atoms with van der Waals surface area (Å²) in [5.41, 5.74) is 0. The Morgan fingerprint density at radius 1 is 1.15 bits per heavy atom. The highest BCUT2D eigenvalue weighted by molar-refractivity contribution is 7.10. The molecule has 26 heavy (non-hydrogen) atoms. The fraction of sp³-hybridized carbons (Fsp3) is 0.286. The molecule has 1 atom stereocenters. The molecule has 0 radical (unpaired) electrons. The first-order valence-corrected chi connectivity index (χ1v) is 9.93. The molecule has 0 aliphatic rings. The molecule has 136 valence electrons. The third kappa shape index (κ3) is 4.02. The monoisotopic (exact) mass is 387 g/mol. The molecule has 1 aromatic heterocycles. The van der Waals surface area contributed by atoms with E-state index in [1.807, 2.05) is 54.8 Å². The lowest BCUT2D eigenvalue weighted by atomic mass is 10.1. The largest absolute Gasteiger partial charge is 0.466 e. The van der Waals surface area contributed by atoms with Crippen molar-refractivity contribution in [2.24, 2.45) is 0 Å². The molecule has 0 aliphatic heterocycles. The Kier molecular flexibility index (Phi) is 5.84. The standard InChI is InChI=1S/C21H22ClNO2S/c1-3-20(24)23(2)14-13-21(22,19-12-7-15-26-19)25-18-11-6-9-16-8-4-5-10-17(16)18/h4-12,15H,3,13-14H2,1-2H3. The van der Waals surface area contributed by atoms with Gasteiger partial charge in [0.1, 0.15) is 5.75 Å². The maximum absolute atomic E-state index is 11.9. The van der Waals surface area contributed by atoms with Gasteiger partial charge in [-0.05, 0) is 22.9 Å². The summed E-state index contributed by atoms with van der Waals surface area (Å²) < 4.78 is 6.36. The van der Waals surface area contributed by atoms with E-state index in [0.717, 1.165) is 21.4 Å². The van der Waals surface area contributed by atoms with Crippen LogP contribution < -0.4 is 4.74 Å². The molecular weight excluding hydrogens is 366 g/mol. The van der Waals surface area contributed by atoms with E-state index in [0.29, 0.717) is 19.4 Å². The van der Waals surface area contributed by atoms with E-state index in [9.17, 15) is 4.79 Å². The van der Waals surface area contributed by atoms with E-state index in [1.165, 1.54) is 0 Å². The molecule has 0 fully saturated rings. The molecule has 3 aromatic rings. The fourth-order valence-corrected chi connectivity index (χ4v) is 4.03. The van der Waals surface area contributed by atoms with Crippen molar-refractivity contribution in [2.45, 2.75) is 24.8 Å². The predicted molar refractivity (Wildman–Crippen MR) is 109 cm³/mol. The van der Waals surface area contributed by atoms with E-state index < -0.39 is 5.06 Å². The van der Waals surface area contributed by atoms with Crippen LogP contribution in [0.4, 0.5) is 0 Å². The Balaban J connectivity index is 1.90. The number of thiophene rings is 1. The number of rotatable bonds is 7. The number of ether oxygens (including phenoxy) is 1. The summed E-state index contributed by atoms with van der Waals surface area (Å²) in [5, 5.41) is 3.10. The van der Waals surface area contributed by atoms with Crippen molar-refractivity contribution in [3.8, 4) is 5.75 Å². The molecule has 1 amide bonds. The lowest BCUT2D eigenvalue weighted by Gasteiger charge is -2.30. The Morgan fingerprint density at radius 2 is 1.92 bits per heavy atom. The molecule has 0 N–H and O–H groups in total. The minimum atomic E-state index is -1.01. The Morgan fingerprint density at radius 3 is 2.65 bits per heavy atom. The van der Waals surface area contributed by atoms with Crippen LogP contribution in [0.5, 0.6) is 5.75 Å². The van der Waals surface area contributed by atoms with Crippen molar-refractivity contribution in [1.29, 1.82) is 0 Å². The molecule has 3 rings (SSSR count). The normalized spacial score (nSPS) is 13.3. The SMILES string of the molecule is CCC(=O)N(C)CCC(Cl)(Oc1cccc2ccccc12)c1cccs1. The number of benzene rings is 2. The molecule has 5 heteroatoms. The molecule has 1 unspecified atom stereocenters. The van der Waals surface area contributed by atoms with Gasteiger partial charge in [0.05, 0.1) is 4.88 Å². The summed E-state index contributed by atoms with van der Waals surface area (Å²) in [6.45, 7) is 2.39. The highest BCUT2D eigenvalue weighted by Gasteiger charge is 2.34. The van der Waals surface area contributed by atoms with Crippen LogP contribution in [0.1, 0.15) is 24.6 Å². The second-order valence-electron chi connectivity index (χ2n) is 6.20. The molecule has 1 heterocycles. The van der Waals surface area contributed by atoms with Crippen molar-refractivity contribution >= 4 is 39.6 Å². The summed E-state index contributed by atoms with van der Waals surface area (Å²) in [4.78, 5) is 14.5. The summed E-state index contributed by atoms with van der Waals surface area (Å²) in [5.74, 6) is 0.844. The van der Waals surface area contributed by atoms with E-state index in [1.54, 1.807) is 23.3 Å². The average molecular weight is 388 g/mol. The predicted octanol–water partition coefficient (Wildman–Crippen LogP) is 5.63. The zero-order chi connectivity index (χ0) is 18.6. The first-order valence-electron chi connectivity index (χ1n) is 8.67. The van der Waals surface area contributed by atoms with Gasteiger partial charge in [-0.1, -0.05) is 61.0 Å². The Hall–Kier alpha value is -2.04. The van der Waals surface area contributed by atoms with E-state index >= 15 is 0 Å². The number of hydrogen-bond acceptors (Lipinski definition) is 3. The molecular formula is C21H22ClNO2S. The van der Waals surface area contributed by atoms with Gasteiger partial charge in [0.15, 0.2) is 0 Å². The van der Waals surface area contributed by atoms with Gasteiger partial charge in [0.25, 0.3) is 0 Å². The van der Waals surface area contributed by atoms with E-state index in [-0.39, 0.29) is 5.91 Å². The van der Waals surface area contributed by atoms with Crippen LogP contribution in [0, 0.1) is 0 Å². The van der Waals surface area contributed by atoms with Crippen LogP contribution in [0.25, 0.3) is 10.8 Å². The molecule has 0 saturated heterocycles. The molecule has 0 aliphatic carbocycles. The van der Waals surface area contributed by atoms with Crippen LogP contribution >= 0.6 is 22.9 Å². The third-order valence-electron chi connectivity index (χ3n) is 4.41. The second-order valence-corrected chi connectivity index (χ2v) is 7.76. The van der Waals surface area contributed by atoms with Crippen LogP contribution in [-0.2, 0) is 9.85 Å². The molecule has 2 aromatic carbocycles. The van der Waals surface area contributed by atoms with Gasteiger partial charge >= 0.3 is 0 Å². The maximum Gasteiger partial charge on any atom is 0.222 e. The number of halogens is 1. The van der Waals surface area contributed by atoms with Crippen LogP contribution in [-0.4, -0.2) is 24.4 Å². The number of alkyl halides is 1. The lowest BCUT2D eigenvalue weighted by Crippen LogP contribution is -2.34. The first kappa shape index (κ1) is 18.7. The molecule has 0 saturated carbocycles. The molecule has 0 spiro atoms. The van der Waals surface area contributed by atoms with Crippen molar-refractivity contribution < 1.29 is 9.53 Å². The summed E-state index contributed by atoms with van der Waals surface area (Å²) >= 11 is 8.54. The number of hydrogen-bond donors (Lipinski definition) is 0. The fourth-order valence-electron chi connectivity index (χ4n) is 2.88. The maximum atomic E-state index is 11.9.